The summed E-state index contributed by atoms with van der Waals surface area (Å²) in [5.41, 5.74) is 0. The van der Waals surface area contributed by atoms with E-state index in [4.69, 9.17) is 4.74 Å². The Morgan fingerprint density at radius 3 is 2.76 bits per heavy atom. The molecule has 1 aliphatic heterocycles. The summed E-state index contributed by atoms with van der Waals surface area (Å²) in [6.45, 7) is 6.47. The number of nitrogens with one attached hydrogen (secondary N) is 1. The van der Waals surface area contributed by atoms with E-state index in [0.29, 0.717) is 0 Å². The third-order valence-corrected chi connectivity index (χ3v) is 3.58. The predicted molar refractivity (Wildman–Crippen MR) is 73.6 cm³/mol. The van der Waals surface area contributed by atoms with Gasteiger partial charge in [-0.3, -0.25) is 0 Å². The van der Waals surface area contributed by atoms with Crippen LogP contribution in [-0.4, -0.2) is 44.2 Å². The number of benzene rings is 1. The van der Waals surface area contributed by atoms with Crippen LogP contribution in [0.3, 0.4) is 0 Å². The zero-order valence-corrected chi connectivity index (χ0v) is 11.6. The number of piperazine rings is 1. The lowest BCUT2D eigenvalue weighted by Crippen LogP contribution is -2.43. The van der Waals surface area contributed by atoms with Crippen LogP contribution in [0.1, 0.15) is 6.42 Å². The fourth-order valence-corrected chi connectivity index (χ4v) is 2.37. The van der Waals surface area contributed by atoms with Crippen LogP contribution in [0.4, 0.5) is 0 Å². The Bertz CT molecular complexity index is 340. The number of nitrogens with zero attached hydrogens (tertiary/aromatic N) is 1. The van der Waals surface area contributed by atoms with Crippen molar-refractivity contribution in [3.63, 3.8) is 0 Å². The van der Waals surface area contributed by atoms with Gasteiger partial charge >= 0.3 is 0 Å². The molecule has 1 aromatic carbocycles. The van der Waals surface area contributed by atoms with Gasteiger partial charge in [0.05, 0.1) is 11.1 Å². The Hall–Kier alpha value is -0.580. The lowest BCUT2D eigenvalue weighted by Gasteiger charge is -2.27. The quantitative estimate of drug-likeness (QED) is 0.843. The summed E-state index contributed by atoms with van der Waals surface area (Å²) in [4.78, 5) is 2.49. The number of hydrogen-bond acceptors (Lipinski definition) is 3. The summed E-state index contributed by atoms with van der Waals surface area (Å²) in [7, 11) is 0. The van der Waals surface area contributed by atoms with Crippen LogP contribution in [0.5, 0.6) is 5.75 Å². The van der Waals surface area contributed by atoms with Crippen LogP contribution in [0.15, 0.2) is 28.7 Å². The molecule has 17 heavy (non-hydrogen) atoms. The summed E-state index contributed by atoms with van der Waals surface area (Å²) in [6.07, 6.45) is 1.08. The molecule has 0 bridgehead atoms. The molecule has 2 rings (SSSR count). The molecule has 0 atom stereocenters. The first-order chi connectivity index (χ1) is 8.36. The number of para-hydroxylation sites is 1. The van der Waals surface area contributed by atoms with Gasteiger partial charge in [0, 0.05) is 32.7 Å². The second-order valence-corrected chi connectivity index (χ2v) is 5.08. The highest BCUT2D eigenvalue weighted by molar-refractivity contribution is 9.10. The van der Waals surface area contributed by atoms with Gasteiger partial charge in [-0.1, -0.05) is 12.1 Å². The van der Waals surface area contributed by atoms with E-state index in [1.807, 2.05) is 24.3 Å². The molecule has 3 nitrogen and oxygen atoms in total. The molecule has 0 aliphatic carbocycles. The van der Waals surface area contributed by atoms with Crippen molar-refractivity contribution in [2.45, 2.75) is 6.42 Å². The summed E-state index contributed by atoms with van der Waals surface area (Å²) in [6, 6.07) is 7.99. The fourth-order valence-electron chi connectivity index (χ4n) is 1.97. The molecule has 1 N–H and O–H groups in total. The van der Waals surface area contributed by atoms with Crippen molar-refractivity contribution < 1.29 is 4.74 Å². The highest BCUT2D eigenvalue weighted by Crippen LogP contribution is 2.23. The van der Waals surface area contributed by atoms with Gasteiger partial charge in [-0.25, -0.2) is 0 Å². The predicted octanol–water partition coefficient (Wildman–Crippen LogP) is 2.12. The first kappa shape index (κ1) is 12.9. The van der Waals surface area contributed by atoms with Crippen LogP contribution >= 0.6 is 15.9 Å². The first-order valence-corrected chi connectivity index (χ1v) is 6.96. The minimum Gasteiger partial charge on any atom is -0.492 e. The van der Waals surface area contributed by atoms with Crippen LogP contribution < -0.4 is 10.1 Å². The van der Waals surface area contributed by atoms with E-state index in [2.05, 4.69) is 26.1 Å². The summed E-state index contributed by atoms with van der Waals surface area (Å²) < 4.78 is 6.77. The average molecular weight is 299 g/mol. The summed E-state index contributed by atoms with van der Waals surface area (Å²) in [5.74, 6) is 0.938. The van der Waals surface area contributed by atoms with Gasteiger partial charge in [0.2, 0.25) is 0 Å². The summed E-state index contributed by atoms with van der Waals surface area (Å²) in [5, 5.41) is 3.36. The molecule has 0 saturated carbocycles. The van der Waals surface area contributed by atoms with E-state index in [9.17, 15) is 0 Å². The fraction of sp³-hybridized carbons (Fsp3) is 0.538. The number of rotatable bonds is 5. The highest BCUT2D eigenvalue weighted by atomic mass is 79.9. The van der Waals surface area contributed by atoms with Crippen LogP contribution in [0, 0.1) is 0 Å². The second-order valence-electron chi connectivity index (χ2n) is 4.22. The van der Waals surface area contributed by atoms with Gasteiger partial charge in [-0.2, -0.15) is 0 Å². The van der Waals surface area contributed by atoms with Gasteiger partial charge in [0.25, 0.3) is 0 Å². The van der Waals surface area contributed by atoms with Crippen molar-refractivity contribution in [1.29, 1.82) is 0 Å². The smallest absolute Gasteiger partial charge is 0.133 e. The molecule has 4 heteroatoms. The van der Waals surface area contributed by atoms with E-state index in [1.165, 1.54) is 0 Å². The van der Waals surface area contributed by atoms with Crippen molar-refractivity contribution in [2.75, 3.05) is 39.3 Å². The maximum Gasteiger partial charge on any atom is 0.133 e. The van der Waals surface area contributed by atoms with Crippen molar-refractivity contribution in [1.82, 2.24) is 10.2 Å². The second kappa shape index (κ2) is 6.99. The zero-order chi connectivity index (χ0) is 11.9. The molecule has 1 fully saturated rings. The van der Waals surface area contributed by atoms with Crippen LogP contribution in [0.2, 0.25) is 0 Å². The first-order valence-electron chi connectivity index (χ1n) is 6.16. The van der Waals surface area contributed by atoms with Crippen molar-refractivity contribution in [3.05, 3.63) is 28.7 Å². The molecule has 0 unspecified atom stereocenters. The Kier molecular flexibility index (Phi) is 5.29. The van der Waals surface area contributed by atoms with Crippen molar-refractivity contribution >= 4 is 15.9 Å². The van der Waals surface area contributed by atoms with E-state index >= 15 is 0 Å². The molecule has 1 aromatic rings. The van der Waals surface area contributed by atoms with Crippen LogP contribution in [-0.2, 0) is 0 Å². The van der Waals surface area contributed by atoms with Gasteiger partial charge in [-0.15, -0.1) is 0 Å². The van der Waals surface area contributed by atoms with Crippen molar-refractivity contribution in [2.24, 2.45) is 0 Å². The highest BCUT2D eigenvalue weighted by Gasteiger charge is 2.08. The van der Waals surface area contributed by atoms with E-state index < -0.39 is 0 Å². The zero-order valence-electron chi connectivity index (χ0n) is 9.99. The molecule has 0 amide bonds. The van der Waals surface area contributed by atoms with Crippen molar-refractivity contribution in [3.8, 4) is 5.75 Å². The molecular formula is C13H19BrN2O. The topological polar surface area (TPSA) is 24.5 Å². The molecule has 1 aliphatic rings. The Labute approximate surface area is 111 Å². The largest absolute Gasteiger partial charge is 0.492 e. The van der Waals surface area contributed by atoms with Gasteiger partial charge in [0.15, 0.2) is 0 Å². The third kappa shape index (κ3) is 4.30. The van der Waals surface area contributed by atoms with E-state index in [1.54, 1.807) is 0 Å². The molecule has 0 spiro atoms. The molecule has 1 saturated heterocycles. The summed E-state index contributed by atoms with van der Waals surface area (Å²) >= 11 is 3.48. The number of ether oxygens (including phenoxy) is 1. The molecular weight excluding hydrogens is 280 g/mol. The number of hydrogen-bond donors (Lipinski definition) is 1. The minimum absolute atomic E-state index is 0.784. The van der Waals surface area contributed by atoms with Gasteiger partial charge in [0.1, 0.15) is 5.75 Å². The van der Waals surface area contributed by atoms with E-state index in [0.717, 1.165) is 56.0 Å². The Morgan fingerprint density at radius 2 is 2.00 bits per heavy atom. The van der Waals surface area contributed by atoms with Crippen LogP contribution in [0.25, 0.3) is 0 Å². The SMILES string of the molecule is Brc1ccccc1OCCCN1CCNCC1. The third-order valence-electron chi connectivity index (χ3n) is 2.92. The molecule has 94 valence electrons. The minimum atomic E-state index is 0.784. The Balaban J connectivity index is 1.64. The lowest BCUT2D eigenvalue weighted by molar-refractivity contribution is 0.213. The van der Waals surface area contributed by atoms with E-state index in [-0.39, 0.29) is 0 Å². The average Bonchev–Trinajstić information content (AvgIpc) is 2.38. The molecule has 1 heterocycles. The normalized spacial score (nSPS) is 17.0. The lowest BCUT2D eigenvalue weighted by atomic mass is 10.3. The molecule has 0 radical (unpaired) electrons. The monoisotopic (exact) mass is 298 g/mol. The maximum atomic E-state index is 5.74. The maximum absolute atomic E-state index is 5.74. The molecule has 0 aromatic heterocycles. The number of halogens is 1. The Morgan fingerprint density at radius 1 is 1.24 bits per heavy atom. The standard InChI is InChI=1S/C13H19BrN2O/c14-12-4-1-2-5-13(12)17-11-3-8-16-9-6-15-7-10-16/h1-2,4-5,15H,3,6-11H2. The van der Waals surface area contributed by atoms with Gasteiger partial charge < -0.3 is 15.0 Å². The van der Waals surface area contributed by atoms with Gasteiger partial charge in [-0.05, 0) is 34.5 Å².